The Balaban J connectivity index is 2.68. The van der Waals surface area contributed by atoms with Gasteiger partial charge in [0.05, 0.1) is 0 Å². The van der Waals surface area contributed by atoms with E-state index in [0.717, 1.165) is 12.8 Å². The SMILES string of the molecule is CC[C@](C)(C(=O)NC1CCCCC1)N(C)C(C)=O. The van der Waals surface area contributed by atoms with Gasteiger partial charge in [-0.15, -0.1) is 0 Å². The van der Waals surface area contributed by atoms with Crippen molar-refractivity contribution >= 4 is 11.8 Å². The highest BCUT2D eigenvalue weighted by Crippen LogP contribution is 2.22. The largest absolute Gasteiger partial charge is 0.351 e. The summed E-state index contributed by atoms with van der Waals surface area (Å²) in [5.41, 5.74) is -0.733. The molecule has 4 nitrogen and oxygen atoms in total. The monoisotopic (exact) mass is 254 g/mol. The van der Waals surface area contributed by atoms with Crippen LogP contribution in [-0.4, -0.2) is 35.3 Å². The molecule has 104 valence electrons. The number of hydrogen-bond acceptors (Lipinski definition) is 2. The maximum atomic E-state index is 12.4. The minimum absolute atomic E-state index is 0.0189. The second kappa shape index (κ2) is 6.21. The molecule has 0 unspecified atom stereocenters. The highest BCUT2D eigenvalue weighted by atomic mass is 16.2. The van der Waals surface area contributed by atoms with Gasteiger partial charge in [-0.2, -0.15) is 0 Å². The van der Waals surface area contributed by atoms with Gasteiger partial charge in [0.2, 0.25) is 11.8 Å². The van der Waals surface area contributed by atoms with Gasteiger partial charge in [-0.25, -0.2) is 0 Å². The van der Waals surface area contributed by atoms with E-state index >= 15 is 0 Å². The summed E-state index contributed by atoms with van der Waals surface area (Å²) in [4.78, 5) is 25.4. The summed E-state index contributed by atoms with van der Waals surface area (Å²) in [6.07, 6.45) is 6.41. The maximum absolute atomic E-state index is 12.4. The molecule has 2 amide bonds. The van der Waals surface area contributed by atoms with Gasteiger partial charge in [-0.05, 0) is 26.2 Å². The van der Waals surface area contributed by atoms with Crippen LogP contribution in [0.1, 0.15) is 59.3 Å². The Bertz CT molecular complexity index is 311. The first-order valence-electron chi connectivity index (χ1n) is 6.97. The van der Waals surface area contributed by atoms with Crippen molar-refractivity contribution in [3.05, 3.63) is 0 Å². The first-order valence-corrected chi connectivity index (χ1v) is 6.97. The highest BCUT2D eigenvalue weighted by molar-refractivity contribution is 5.90. The third kappa shape index (κ3) is 3.24. The van der Waals surface area contributed by atoms with Crippen LogP contribution in [0.15, 0.2) is 0 Å². The Morgan fingerprint density at radius 3 is 2.28 bits per heavy atom. The summed E-state index contributed by atoms with van der Waals surface area (Å²) in [5, 5.41) is 3.11. The molecule has 1 aliphatic carbocycles. The Kier molecular flexibility index (Phi) is 5.17. The quantitative estimate of drug-likeness (QED) is 0.835. The molecular weight excluding hydrogens is 228 g/mol. The maximum Gasteiger partial charge on any atom is 0.245 e. The van der Waals surface area contributed by atoms with E-state index < -0.39 is 5.54 Å². The lowest BCUT2D eigenvalue weighted by atomic mass is 9.91. The van der Waals surface area contributed by atoms with Crippen LogP contribution in [0, 0.1) is 0 Å². The fourth-order valence-electron chi connectivity index (χ4n) is 2.49. The second-order valence-electron chi connectivity index (χ2n) is 5.51. The zero-order valence-corrected chi connectivity index (χ0v) is 12.1. The smallest absolute Gasteiger partial charge is 0.245 e. The van der Waals surface area contributed by atoms with Gasteiger partial charge < -0.3 is 10.2 Å². The van der Waals surface area contributed by atoms with Gasteiger partial charge in [0, 0.05) is 20.0 Å². The molecule has 0 aliphatic heterocycles. The first kappa shape index (κ1) is 15.0. The summed E-state index contributed by atoms with van der Waals surface area (Å²) < 4.78 is 0. The lowest BCUT2D eigenvalue weighted by molar-refractivity contribution is -0.144. The number of amides is 2. The van der Waals surface area contributed by atoms with Gasteiger partial charge in [-0.3, -0.25) is 9.59 Å². The topological polar surface area (TPSA) is 49.4 Å². The number of carbonyl (C=O) groups excluding carboxylic acids is 2. The number of rotatable bonds is 4. The lowest BCUT2D eigenvalue weighted by Gasteiger charge is -2.38. The number of nitrogens with zero attached hydrogens (tertiary/aromatic N) is 1. The summed E-state index contributed by atoms with van der Waals surface area (Å²) >= 11 is 0. The molecular formula is C14H26N2O2. The molecule has 1 atom stereocenters. The van der Waals surface area contributed by atoms with Crippen LogP contribution in [0.3, 0.4) is 0 Å². The standard InChI is InChI=1S/C14H26N2O2/c1-5-14(3,16(4)11(2)17)13(18)15-12-9-7-6-8-10-12/h12H,5-10H2,1-4H3,(H,15,18)/t14-/m1/s1. The van der Waals surface area contributed by atoms with E-state index in [1.807, 2.05) is 13.8 Å². The molecule has 4 heteroatoms. The van der Waals surface area contributed by atoms with E-state index in [0.29, 0.717) is 6.42 Å². The molecule has 0 radical (unpaired) electrons. The predicted octanol–water partition coefficient (Wildman–Crippen LogP) is 2.08. The molecule has 1 N–H and O–H groups in total. The Morgan fingerprint density at radius 1 is 1.28 bits per heavy atom. The molecule has 0 aromatic heterocycles. The summed E-state index contributed by atoms with van der Waals surface area (Å²) in [6.45, 7) is 5.29. The van der Waals surface area contributed by atoms with Crippen molar-refractivity contribution in [2.75, 3.05) is 7.05 Å². The van der Waals surface area contributed by atoms with Crippen LogP contribution < -0.4 is 5.32 Å². The van der Waals surface area contributed by atoms with Crippen molar-refractivity contribution in [1.82, 2.24) is 10.2 Å². The molecule has 18 heavy (non-hydrogen) atoms. The molecule has 0 aromatic carbocycles. The van der Waals surface area contributed by atoms with Crippen LogP contribution >= 0.6 is 0 Å². The van der Waals surface area contributed by atoms with E-state index in [2.05, 4.69) is 5.32 Å². The van der Waals surface area contributed by atoms with Gasteiger partial charge in [0.1, 0.15) is 5.54 Å². The lowest BCUT2D eigenvalue weighted by Crippen LogP contribution is -2.58. The molecule has 0 bridgehead atoms. The van der Waals surface area contributed by atoms with E-state index in [1.54, 1.807) is 11.9 Å². The van der Waals surface area contributed by atoms with Crippen molar-refractivity contribution < 1.29 is 9.59 Å². The molecule has 0 spiro atoms. The number of hydrogen-bond donors (Lipinski definition) is 1. The van der Waals surface area contributed by atoms with E-state index in [4.69, 9.17) is 0 Å². The van der Waals surface area contributed by atoms with Crippen molar-refractivity contribution in [2.24, 2.45) is 0 Å². The van der Waals surface area contributed by atoms with E-state index in [9.17, 15) is 9.59 Å². The van der Waals surface area contributed by atoms with Crippen LogP contribution in [-0.2, 0) is 9.59 Å². The zero-order valence-electron chi connectivity index (χ0n) is 12.1. The van der Waals surface area contributed by atoms with Crippen molar-refractivity contribution in [2.45, 2.75) is 70.9 Å². The molecule has 0 aromatic rings. The van der Waals surface area contributed by atoms with Crippen LogP contribution in [0.2, 0.25) is 0 Å². The minimum Gasteiger partial charge on any atom is -0.351 e. The average Bonchev–Trinajstić information content (AvgIpc) is 2.37. The molecule has 1 saturated carbocycles. The summed E-state index contributed by atoms with van der Waals surface area (Å²) in [7, 11) is 1.70. The molecule has 1 fully saturated rings. The average molecular weight is 254 g/mol. The molecule has 0 saturated heterocycles. The fraction of sp³-hybridized carbons (Fsp3) is 0.857. The van der Waals surface area contributed by atoms with Crippen LogP contribution in [0.25, 0.3) is 0 Å². The van der Waals surface area contributed by atoms with Crippen molar-refractivity contribution in [1.29, 1.82) is 0 Å². The fourth-order valence-corrected chi connectivity index (χ4v) is 2.49. The van der Waals surface area contributed by atoms with Gasteiger partial charge in [0.25, 0.3) is 0 Å². The first-order chi connectivity index (χ1) is 8.41. The molecule has 0 heterocycles. The van der Waals surface area contributed by atoms with Crippen molar-refractivity contribution in [3.63, 3.8) is 0 Å². The third-order valence-corrected chi connectivity index (χ3v) is 4.33. The van der Waals surface area contributed by atoms with Crippen LogP contribution in [0.4, 0.5) is 0 Å². The summed E-state index contributed by atoms with van der Waals surface area (Å²) in [6, 6.07) is 0.289. The van der Waals surface area contributed by atoms with Gasteiger partial charge >= 0.3 is 0 Å². The van der Waals surface area contributed by atoms with E-state index in [1.165, 1.54) is 26.2 Å². The Labute approximate surface area is 110 Å². The molecule has 1 rings (SSSR count). The third-order valence-electron chi connectivity index (χ3n) is 4.33. The number of carbonyl (C=O) groups is 2. The highest BCUT2D eigenvalue weighted by Gasteiger charge is 2.38. The normalized spacial score (nSPS) is 20.0. The van der Waals surface area contributed by atoms with Crippen LogP contribution in [0.5, 0.6) is 0 Å². The zero-order chi connectivity index (χ0) is 13.8. The van der Waals surface area contributed by atoms with Gasteiger partial charge in [0.15, 0.2) is 0 Å². The number of nitrogens with one attached hydrogen (secondary N) is 1. The Hall–Kier alpha value is -1.06. The predicted molar refractivity (Wildman–Crippen MR) is 72.2 cm³/mol. The Morgan fingerprint density at radius 2 is 1.83 bits per heavy atom. The van der Waals surface area contributed by atoms with E-state index in [-0.39, 0.29) is 17.9 Å². The number of likely N-dealkylation sites (N-methyl/N-ethyl adjacent to an activating group) is 1. The second-order valence-corrected chi connectivity index (χ2v) is 5.51. The molecule has 1 aliphatic rings. The van der Waals surface area contributed by atoms with Gasteiger partial charge in [-0.1, -0.05) is 26.2 Å². The minimum atomic E-state index is -0.733. The summed E-state index contributed by atoms with van der Waals surface area (Å²) in [5.74, 6) is -0.0901. The van der Waals surface area contributed by atoms with Crippen molar-refractivity contribution in [3.8, 4) is 0 Å².